The zero-order valence-electron chi connectivity index (χ0n) is 13.8. The molecule has 6 heteroatoms. The number of aliphatic imine (C=N–C) groups is 2. The summed E-state index contributed by atoms with van der Waals surface area (Å²) in [7, 11) is 0. The number of rotatable bonds is 6. The molecule has 0 aliphatic rings. The van der Waals surface area contributed by atoms with E-state index in [-0.39, 0.29) is 0 Å². The molecule has 0 fully saturated rings. The van der Waals surface area contributed by atoms with Crippen molar-refractivity contribution in [2.45, 2.75) is 24.8 Å². The summed E-state index contributed by atoms with van der Waals surface area (Å²) in [6.45, 7) is 3.83. The molecule has 0 saturated heterocycles. The lowest BCUT2D eigenvalue weighted by molar-refractivity contribution is 0.339. The van der Waals surface area contributed by atoms with Crippen molar-refractivity contribution in [3.05, 3.63) is 69.7 Å². The summed E-state index contributed by atoms with van der Waals surface area (Å²) in [5.41, 5.74) is -0.129. The summed E-state index contributed by atoms with van der Waals surface area (Å²) in [6, 6.07) is 14.8. The quantitative estimate of drug-likeness (QED) is 0.285. The van der Waals surface area contributed by atoms with Gasteiger partial charge in [0, 0.05) is 39.0 Å². The van der Waals surface area contributed by atoms with Crippen LogP contribution in [0.15, 0.2) is 58.5 Å². The fourth-order valence-electron chi connectivity index (χ4n) is 1.95. The maximum absolute atomic E-state index is 6.46. The van der Waals surface area contributed by atoms with Gasteiger partial charge in [0.2, 0.25) is 0 Å². The summed E-state index contributed by atoms with van der Waals surface area (Å²) in [6.07, 6.45) is 3.31. The van der Waals surface area contributed by atoms with E-state index in [0.29, 0.717) is 10.0 Å². The van der Waals surface area contributed by atoms with Crippen LogP contribution in [0.3, 0.4) is 0 Å². The molecule has 0 heterocycles. The van der Waals surface area contributed by atoms with E-state index in [0.717, 1.165) is 11.1 Å². The Hall–Kier alpha value is -1.06. The largest absolute Gasteiger partial charge is 0.272 e. The van der Waals surface area contributed by atoms with Gasteiger partial charge in [-0.1, -0.05) is 96.6 Å². The van der Waals surface area contributed by atoms with Crippen molar-refractivity contribution in [3.63, 3.8) is 0 Å². The van der Waals surface area contributed by atoms with Crippen molar-refractivity contribution < 1.29 is 0 Å². The summed E-state index contributed by atoms with van der Waals surface area (Å²) in [4.78, 5) is 8.78. The van der Waals surface area contributed by atoms with Gasteiger partial charge in [-0.25, -0.2) is 0 Å². The molecular weight excluding hydrogens is 398 g/mol. The first kappa shape index (κ1) is 20.3. The van der Waals surface area contributed by atoms with Crippen LogP contribution in [0.1, 0.15) is 25.0 Å². The first-order valence-electron chi connectivity index (χ1n) is 7.66. The topological polar surface area (TPSA) is 24.7 Å². The van der Waals surface area contributed by atoms with Crippen molar-refractivity contribution in [1.29, 1.82) is 0 Å². The number of alkyl halides is 2. The van der Waals surface area contributed by atoms with Crippen molar-refractivity contribution in [2.24, 2.45) is 15.4 Å². The molecule has 0 aliphatic heterocycles. The second-order valence-corrected chi connectivity index (χ2v) is 7.73. The predicted molar refractivity (Wildman–Crippen MR) is 111 cm³/mol. The standard InChI is InChI=1S/C19H18Cl4N2/c1-19(2,17(22)24-11-13-7-3-5-9-15(13)20)18(23)25-12-14-8-4-6-10-16(14)21/h3-12,17-18H,1-2H3. The molecule has 2 aromatic carbocycles. The van der Waals surface area contributed by atoms with Gasteiger partial charge in [0.05, 0.1) is 0 Å². The number of benzene rings is 2. The normalized spacial score (nSPS) is 15.0. The minimum absolute atomic E-state index is 0.574. The van der Waals surface area contributed by atoms with Gasteiger partial charge >= 0.3 is 0 Å². The van der Waals surface area contributed by atoms with E-state index in [1.165, 1.54) is 0 Å². The van der Waals surface area contributed by atoms with Gasteiger partial charge < -0.3 is 0 Å². The van der Waals surface area contributed by atoms with Gasteiger partial charge in [0.15, 0.2) is 0 Å². The third kappa shape index (κ3) is 5.46. The number of halogens is 4. The average Bonchev–Trinajstić information content (AvgIpc) is 2.59. The second kappa shape index (κ2) is 9.05. The van der Waals surface area contributed by atoms with Crippen LogP contribution in [0.25, 0.3) is 0 Å². The molecular formula is C19H18Cl4N2. The highest BCUT2D eigenvalue weighted by Crippen LogP contribution is 2.35. The van der Waals surface area contributed by atoms with Gasteiger partial charge in [0.25, 0.3) is 0 Å². The minimum atomic E-state index is -0.585. The van der Waals surface area contributed by atoms with Crippen molar-refractivity contribution in [2.75, 3.05) is 0 Å². The summed E-state index contributed by atoms with van der Waals surface area (Å²) >= 11 is 25.2. The fraction of sp³-hybridized carbons (Fsp3) is 0.263. The van der Waals surface area contributed by atoms with E-state index in [1.807, 2.05) is 50.2 Å². The molecule has 2 nitrogen and oxygen atoms in total. The van der Waals surface area contributed by atoms with Crippen molar-refractivity contribution >= 4 is 58.8 Å². The molecule has 0 spiro atoms. The summed E-state index contributed by atoms with van der Waals surface area (Å²) < 4.78 is 0. The predicted octanol–water partition coefficient (Wildman–Crippen LogP) is 6.69. The van der Waals surface area contributed by atoms with Crippen LogP contribution in [-0.4, -0.2) is 23.4 Å². The first-order chi connectivity index (χ1) is 11.8. The molecule has 25 heavy (non-hydrogen) atoms. The molecule has 132 valence electrons. The fourth-order valence-corrected chi connectivity index (χ4v) is 2.73. The molecule has 0 amide bonds. The lowest BCUT2D eigenvalue weighted by atomic mass is 9.93. The molecule has 0 saturated carbocycles. The smallest absolute Gasteiger partial charge is 0.132 e. The van der Waals surface area contributed by atoms with E-state index in [1.54, 1.807) is 24.6 Å². The zero-order valence-corrected chi connectivity index (χ0v) is 16.9. The summed E-state index contributed by atoms with van der Waals surface area (Å²) in [5.74, 6) is 0. The van der Waals surface area contributed by atoms with Crippen molar-refractivity contribution in [1.82, 2.24) is 0 Å². The Morgan fingerprint density at radius 1 is 0.760 bits per heavy atom. The Bertz CT molecular complexity index is 708. The zero-order chi connectivity index (χ0) is 18.4. The van der Waals surface area contributed by atoms with E-state index in [9.17, 15) is 0 Å². The average molecular weight is 416 g/mol. The van der Waals surface area contributed by atoms with E-state index in [4.69, 9.17) is 46.4 Å². The monoisotopic (exact) mass is 414 g/mol. The van der Waals surface area contributed by atoms with Crippen LogP contribution in [0, 0.1) is 5.41 Å². The lowest BCUT2D eigenvalue weighted by Gasteiger charge is -2.29. The molecule has 0 bridgehead atoms. The van der Waals surface area contributed by atoms with Crippen LogP contribution in [-0.2, 0) is 0 Å². The molecule has 0 aromatic heterocycles. The molecule has 0 radical (unpaired) electrons. The van der Waals surface area contributed by atoms with Crippen LogP contribution in [0.4, 0.5) is 0 Å². The van der Waals surface area contributed by atoms with Gasteiger partial charge in [-0.3, -0.25) is 9.98 Å². The van der Waals surface area contributed by atoms with E-state index >= 15 is 0 Å². The number of hydrogen-bond donors (Lipinski definition) is 0. The molecule has 0 N–H and O–H groups in total. The third-order valence-corrected chi connectivity index (χ3v) is 5.77. The van der Waals surface area contributed by atoms with Gasteiger partial charge in [-0.05, 0) is 12.1 Å². The molecule has 2 atom stereocenters. The number of hydrogen-bond acceptors (Lipinski definition) is 2. The van der Waals surface area contributed by atoms with E-state index in [2.05, 4.69) is 9.98 Å². The Kier molecular flexibility index (Phi) is 7.33. The van der Waals surface area contributed by atoms with Gasteiger partial charge in [-0.2, -0.15) is 0 Å². The maximum Gasteiger partial charge on any atom is 0.132 e. The van der Waals surface area contributed by atoms with Crippen LogP contribution >= 0.6 is 46.4 Å². The van der Waals surface area contributed by atoms with Crippen LogP contribution < -0.4 is 0 Å². The van der Waals surface area contributed by atoms with Crippen LogP contribution in [0.5, 0.6) is 0 Å². The highest BCUT2D eigenvalue weighted by atomic mass is 35.5. The first-order valence-corrected chi connectivity index (χ1v) is 9.29. The Labute approximate surface area is 168 Å². The highest BCUT2D eigenvalue weighted by molar-refractivity contribution is 6.33. The lowest BCUT2D eigenvalue weighted by Crippen LogP contribution is -2.32. The van der Waals surface area contributed by atoms with Crippen molar-refractivity contribution in [3.8, 4) is 0 Å². The Morgan fingerprint density at radius 3 is 1.48 bits per heavy atom. The van der Waals surface area contributed by atoms with E-state index < -0.39 is 16.4 Å². The highest BCUT2D eigenvalue weighted by Gasteiger charge is 2.35. The maximum atomic E-state index is 6.46. The summed E-state index contributed by atoms with van der Waals surface area (Å²) in [5, 5.41) is 1.24. The SMILES string of the molecule is CC(C)(C(Cl)N=Cc1ccccc1Cl)C(Cl)N=Cc1ccccc1Cl. The Morgan fingerprint density at radius 2 is 1.12 bits per heavy atom. The molecule has 0 aliphatic carbocycles. The third-order valence-electron chi connectivity index (χ3n) is 3.73. The van der Waals surface area contributed by atoms with Crippen LogP contribution in [0.2, 0.25) is 10.0 Å². The number of nitrogens with zero attached hydrogens (tertiary/aromatic N) is 2. The second-order valence-electron chi connectivity index (χ2n) is 6.09. The Balaban J connectivity index is 2.11. The molecule has 2 aromatic rings. The molecule has 2 unspecified atom stereocenters. The van der Waals surface area contributed by atoms with Gasteiger partial charge in [0.1, 0.15) is 11.0 Å². The minimum Gasteiger partial charge on any atom is -0.272 e. The molecule has 2 rings (SSSR count). The van der Waals surface area contributed by atoms with Gasteiger partial charge in [-0.15, -0.1) is 0 Å².